The van der Waals surface area contributed by atoms with E-state index in [9.17, 15) is 8.42 Å². The van der Waals surface area contributed by atoms with Gasteiger partial charge in [-0.05, 0) is 43.7 Å². The van der Waals surface area contributed by atoms with E-state index in [0.29, 0.717) is 18.5 Å². The first kappa shape index (κ1) is 21.4. The van der Waals surface area contributed by atoms with Crippen LogP contribution in [0.5, 0.6) is 0 Å². The maximum absolute atomic E-state index is 12.2. The molecule has 1 aromatic rings. The molecule has 2 aliphatic rings. The third kappa shape index (κ3) is 5.10. The smallest absolute Gasteiger partial charge is 0.240 e. The molecule has 8 heteroatoms. The number of benzene rings is 1. The van der Waals surface area contributed by atoms with E-state index in [4.69, 9.17) is 0 Å². The van der Waals surface area contributed by atoms with Crippen molar-refractivity contribution in [1.82, 2.24) is 14.9 Å². The molecule has 1 aliphatic heterocycles. The molecule has 1 spiro atoms. The number of likely N-dealkylation sites (tertiary alicyclic amines) is 1. The lowest BCUT2D eigenvalue weighted by Gasteiger charge is -2.38. The van der Waals surface area contributed by atoms with Crippen LogP contribution in [0.25, 0.3) is 0 Å². The summed E-state index contributed by atoms with van der Waals surface area (Å²) in [7, 11) is -3.46. The highest BCUT2D eigenvalue weighted by Gasteiger charge is 2.43. The summed E-state index contributed by atoms with van der Waals surface area (Å²) in [5, 5.41) is 3.34. The molecule has 1 saturated carbocycles. The van der Waals surface area contributed by atoms with Gasteiger partial charge in [0.1, 0.15) is 0 Å². The van der Waals surface area contributed by atoms with Gasteiger partial charge in [0.15, 0.2) is 5.96 Å². The molecule has 2 fully saturated rings. The number of rotatable bonds is 6. The van der Waals surface area contributed by atoms with Crippen LogP contribution in [0.2, 0.25) is 0 Å². The van der Waals surface area contributed by atoms with E-state index in [1.165, 1.54) is 25.7 Å². The van der Waals surface area contributed by atoms with Gasteiger partial charge in [-0.15, -0.1) is 24.0 Å². The molecule has 2 N–H and O–H groups in total. The minimum atomic E-state index is -3.46. The average molecular weight is 492 g/mol. The molecule has 3 rings (SSSR count). The Morgan fingerprint density at radius 3 is 2.54 bits per heavy atom. The van der Waals surface area contributed by atoms with Crippen molar-refractivity contribution in [3.05, 3.63) is 30.3 Å². The lowest BCUT2D eigenvalue weighted by Crippen LogP contribution is -2.43. The summed E-state index contributed by atoms with van der Waals surface area (Å²) < 4.78 is 27.0. The normalized spacial score (nSPS) is 19.1. The first-order valence-corrected chi connectivity index (χ1v) is 10.6. The summed E-state index contributed by atoms with van der Waals surface area (Å²) in [5.74, 6) is 0.908. The second-order valence-electron chi connectivity index (χ2n) is 6.97. The second kappa shape index (κ2) is 9.36. The first-order valence-electron chi connectivity index (χ1n) is 9.13. The van der Waals surface area contributed by atoms with Crippen molar-refractivity contribution in [2.24, 2.45) is 10.4 Å². The summed E-state index contributed by atoms with van der Waals surface area (Å²) in [6, 6.07) is 8.44. The molecule has 6 nitrogen and oxygen atoms in total. The Labute approximate surface area is 173 Å². The van der Waals surface area contributed by atoms with Crippen LogP contribution in [-0.2, 0) is 10.0 Å². The van der Waals surface area contributed by atoms with Crippen molar-refractivity contribution < 1.29 is 8.42 Å². The number of hydrogen-bond acceptors (Lipinski definition) is 3. The molecule has 0 atom stereocenters. The van der Waals surface area contributed by atoms with Gasteiger partial charge in [0.25, 0.3) is 0 Å². The maximum atomic E-state index is 12.2. The monoisotopic (exact) mass is 492 g/mol. The van der Waals surface area contributed by atoms with Crippen molar-refractivity contribution in [1.29, 1.82) is 0 Å². The van der Waals surface area contributed by atoms with Gasteiger partial charge in [-0.25, -0.2) is 13.1 Å². The Morgan fingerprint density at radius 1 is 1.23 bits per heavy atom. The van der Waals surface area contributed by atoms with Gasteiger partial charge in [0.05, 0.1) is 11.4 Å². The van der Waals surface area contributed by atoms with Crippen molar-refractivity contribution in [2.45, 2.75) is 37.5 Å². The zero-order valence-electron chi connectivity index (χ0n) is 15.3. The van der Waals surface area contributed by atoms with Crippen LogP contribution in [0.15, 0.2) is 40.2 Å². The number of sulfonamides is 1. The fourth-order valence-electron chi connectivity index (χ4n) is 3.65. The summed E-state index contributed by atoms with van der Waals surface area (Å²) in [4.78, 5) is 7.24. The summed E-state index contributed by atoms with van der Waals surface area (Å²) >= 11 is 0. The lowest BCUT2D eigenvalue weighted by molar-refractivity contribution is 0.151. The number of nitrogens with zero attached hydrogens (tertiary/aromatic N) is 2. The zero-order valence-corrected chi connectivity index (χ0v) is 18.4. The lowest BCUT2D eigenvalue weighted by atomic mass is 9.68. The largest absolute Gasteiger partial charge is 0.357 e. The number of aliphatic imine (C=N–C) groups is 1. The van der Waals surface area contributed by atoms with Gasteiger partial charge in [-0.2, -0.15) is 0 Å². The molecule has 0 amide bonds. The van der Waals surface area contributed by atoms with Crippen molar-refractivity contribution >= 4 is 40.0 Å². The van der Waals surface area contributed by atoms with Gasteiger partial charge in [0.2, 0.25) is 10.0 Å². The fourth-order valence-corrected chi connectivity index (χ4v) is 4.69. The van der Waals surface area contributed by atoms with Crippen LogP contribution in [0.3, 0.4) is 0 Å². The number of nitrogens with one attached hydrogen (secondary N) is 2. The van der Waals surface area contributed by atoms with Crippen molar-refractivity contribution in [2.75, 3.05) is 32.7 Å². The predicted octanol–water partition coefficient (Wildman–Crippen LogP) is 2.42. The molecule has 1 aliphatic carbocycles. The molecular formula is C18H29IN4O2S. The fraction of sp³-hybridized carbons (Fsp3) is 0.611. The summed E-state index contributed by atoms with van der Waals surface area (Å²) in [5.41, 5.74) is 0.519. The van der Waals surface area contributed by atoms with Crippen LogP contribution in [-0.4, -0.2) is 52.0 Å². The predicted molar refractivity (Wildman–Crippen MR) is 115 cm³/mol. The van der Waals surface area contributed by atoms with Crippen LogP contribution < -0.4 is 10.0 Å². The molecule has 146 valence electrons. The SMILES string of the molecule is CCNC(=NCCNS(=O)(=O)c1ccccc1)N1CCC2(CCC2)C1.I. The van der Waals surface area contributed by atoms with Crippen molar-refractivity contribution in [3.63, 3.8) is 0 Å². The highest BCUT2D eigenvalue weighted by Crippen LogP contribution is 2.47. The van der Waals surface area contributed by atoms with E-state index in [1.54, 1.807) is 30.3 Å². The Hall–Kier alpha value is -0.870. The molecule has 0 radical (unpaired) electrons. The zero-order chi connectivity index (χ0) is 17.8. The van der Waals surface area contributed by atoms with Gasteiger partial charge in [-0.1, -0.05) is 24.6 Å². The Kier molecular flexibility index (Phi) is 7.72. The van der Waals surface area contributed by atoms with Gasteiger partial charge in [0, 0.05) is 26.2 Å². The highest BCUT2D eigenvalue weighted by atomic mass is 127. The highest BCUT2D eigenvalue weighted by molar-refractivity contribution is 14.0. The van der Waals surface area contributed by atoms with Gasteiger partial charge >= 0.3 is 0 Å². The quantitative estimate of drug-likeness (QED) is 0.277. The molecular weight excluding hydrogens is 463 g/mol. The molecule has 1 saturated heterocycles. The minimum absolute atomic E-state index is 0. The van der Waals surface area contributed by atoms with E-state index >= 15 is 0 Å². The van der Waals surface area contributed by atoms with E-state index in [1.807, 2.05) is 0 Å². The summed E-state index contributed by atoms with van der Waals surface area (Å²) in [6.45, 7) is 5.72. The Morgan fingerprint density at radius 2 is 1.96 bits per heavy atom. The Balaban J connectivity index is 0.00000243. The molecule has 26 heavy (non-hydrogen) atoms. The third-order valence-electron chi connectivity index (χ3n) is 5.21. The molecule has 1 heterocycles. The Bertz CT molecular complexity index is 705. The minimum Gasteiger partial charge on any atom is -0.357 e. The van der Waals surface area contributed by atoms with E-state index < -0.39 is 10.0 Å². The number of halogens is 1. The molecule has 0 bridgehead atoms. The van der Waals surface area contributed by atoms with Crippen molar-refractivity contribution in [3.8, 4) is 0 Å². The standard InChI is InChI=1S/C18H28N4O2S.HI/c1-2-19-17(22-14-11-18(15-22)9-6-10-18)20-12-13-21-25(23,24)16-7-4-3-5-8-16;/h3-5,7-8,21H,2,6,9-15H2,1H3,(H,19,20);1H. The molecule has 1 aromatic carbocycles. The van der Waals surface area contributed by atoms with Gasteiger partial charge in [-0.3, -0.25) is 4.99 Å². The van der Waals surface area contributed by atoms with E-state index in [-0.39, 0.29) is 28.9 Å². The number of hydrogen-bond donors (Lipinski definition) is 2. The van der Waals surface area contributed by atoms with Gasteiger partial charge < -0.3 is 10.2 Å². The van der Waals surface area contributed by atoms with Crippen LogP contribution >= 0.6 is 24.0 Å². The maximum Gasteiger partial charge on any atom is 0.240 e. The van der Waals surface area contributed by atoms with Crippen LogP contribution in [0, 0.1) is 5.41 Å². The second-order valence-corrected chi connectivity index (χ2v) is 8.74. The number of guanidine groups is 1. The van der Waals surface area contributed by atoms with E-state index in [2.05, 4.69) is 26.9 Å². The van der Waals surface area contributed by atoms with Crippen LogP contribution in [0.1, 0.15) is 32.6 Å². The van der Waals surface area contributed by atoms with Crippen LogP contribution in [0.4, 0.5) is 0 Å². The van der Waals surface area contributed by atoms with E-state index in [0.717, 1.165) is 25.6 Å². The summed E-state index contributed by atoms with van der Waals surface area (Å²) in [6.07, 6.45) is 5.26. The molecule has 0 aromatic heterocycles. The first-order chi connectivity index (χ1) is 12.0. The molecule has 0 unspecified atom stereocenters. The average Bonchev–Trinajstić information content (AvgIpc) is 3.04. The topological polar surface area (TPSA) is 73.8 Å². The third-order valence-corrected chi connectivity index (χ3v) is 6.68.